The van der Waals surface area contributed by atoms with Crippen LogP contribution in [0.5, 0.6) is 0 Å². The molecule has 1 aromatic carbocycles. The number of carboxylic acids is 1. The molecule has 1 amide bonds. The molecule has 19 heavy (non-hydrogen) atoms. The van der Waals surface area contributed by atoms with Gasteiger partial charge in [0.05, 0.1) is 11.5 Å². The number of halogens is 2. The number of rotatable bonds is 6. The third-order valence-corrected chi connectivity index (χ3v) is 3.16. The molecule has 0 spiro atoms. The Hall–Kier alpha value is -1.43. The van der Waals surface area contributed by atoms with Crippen molar-refractivity contribution >= 4 is 27.8 Å². The van der Waals surface area contributed by atoms with Crippen molar-refractivity contribution in [1.29, 1.82) is 0 Å². The lowest BCUT2D eigenvalue weighted by Crippen LogP contribution is -2.33. The first-order chi connectivity index (χ1) is 8.95. The van der Waals surface area contributed by atoms with Gasteiger partial charge in [-0.05, 0) is 24.6 Å². The molecule has 0 aliphatic rings. The number of aliphatic carboxylic acids is 1. The molecular formula is C13H15BrFNO3. The molecule has 0 aliphatic heterocycles. The molecule has 0 radical (unpaired) electrons. The number of carboxylic acid groups (broad SMARTS) is 1. The van der Waals surface area contributed by atoms with E-state index in [1.165, 1.54) is 12.1 Å². The predicted octanol–water partition coefficient (Wildman–Crippen LogP) is 2.82. The van der Waals surface area contributed by atoms with Crippen LogP contribution >= 0.6 is 15.9 Å². The van der Waals surface area contributed by atoms with Gasteiger partial charge in [0.2, 0.25) is 0 Å². The standard InChI is InChI=1S/C13H15BrFNO3/c1-2-3-8(13(18)19)7-16-12(17)10-5-4-9(14)6-11(10)15/h4-6,8H,2-3,7H2,1H3,(H,16,17)(H,18,19). The van der Waals surface area contributed by atoms with Crippen molar-refractivity contribution in [3.05, 3.63) is 34.1 Å². The fourth-order valence-corrected chi connectivity index (χ4v) is 1.98. The van der Waals surface area contributed by atoms with Crippen molar-refractivity contribution in [3.63, 3.8) is 0 Å². The van der Waals surface area contributed by atoms with Gasteiger partial charge in [-0.2, -0.15) is 0 Å². The minimum atomic E-state index is -0.960. The van der Waals surface area contributed by atoms with Crippen molar-refractivity contribution < 1.29 is 19.1 Å². The summed E-state index contributed by atoms with van der Waals surface area (Å²) >= 11 is 3.10. The second-order valence-corrected chi connectivity index (χ2v) is 5.07. The molecule has 1 aromatic rings. The number of hydrogen-bond donors (Lipinski definition) is 2. The zero-order chi connectivity index (χ0) is 14.4. The lowest BCUT2D eigenvalue weighted by molar-refractivity contribution is -0.141. The Labute approximate surface area is 119 Å². The summed E-state index contributed by atoms with van der Waals surface area (Å²) in [7, 11) is 0. The van der Waals surface area contributed by atoms with Crippen LogP contribution in [0.25, 0.3) is 0 Å². The SMILES string of the molecule is CCCC(CNC(=O)c1ccc(Br)cc1F)C(=O)O. The maximum Gasteiger partial charge on any atom is 0.308 e. The van der Waals surface area contributed by atoms with E-state index in [4.69, 9.17) is 5.11 Å². The summed E-state index contributed by atoms with van der Waals surface area (Å²) in [6, 6.07) is 4.10. The predicted molar refractivity (Wildman–Crippen MR) is 72.5 cm³/mol. The van der Waals surface area contributed by atoms with Crippen LogP contribution in [-0.4, -0.2) is 23.5 Å². The van der Waals surface area contributed by atoms with E-state index in [0.29, 0.717) is 17.3 Å². The number of nitrogens with one attached hydrogen (secondary N) is 1. The van der Waals surface area contributed by atoms with Gasteiger partial charge in [0.15, 0.2) is 0 Å². The van der Waals surface area contributed by atoms with Crippen molar-refractivity contribution in [1.82, 2.24) is 5.32 Å². The molecule has 1 unspecified atom stereocenters. The average Bonchev–Trinajstić information content (AvgIpc) is 2.33. The van der Waals surface area contributed by atoms with E-state index < -0.39 is 23.6 Å². The highest BCUT2D eigenvalue weighted by Crippen LogP contribution is 2.15. The molecule has 0 heterocycles. The first-order valence-corrected chi connectivity index (χ1v) is 6.71. The van der Waals surface area contributed by atoms with Gasteiger partial charge in [-0.25, -0.2) is 4.39 Å². The number of carbonyl (C=O) groups is 2. The van der Waals surface area contributed by atoms with Crippen LogP contribution in [0.15, 0.2) is 22.7 Å². The van der Waals surface area contributed by atoms with E-state index in [1.807, 2.05) is 6.92 Å². The summed E-state index contributed by atoms with van der Waals surface area (Å²) in [5.74, 6) is -2.85. The maximum absolute atomic E-state index is 13.5. The van der Waals surface area contributed by atoms with Crippen LogP contribution in [0.3, 0.4) is 0 Å². The normalized spacial score (nSPS) is 11.9. The molecule has 0 saturated heterocycles. The highest BCUT2D eigenvalue weighted by molar-refractivity contribution is 9.10. The van der Waals surface area contributed by atoms with Gasteiger partial charge in [0.25, 0.3) is 5.91 Å². The monoisotopic (exact) mass is 331 g/mol. The molecular weight excluding hydrogens is 317 g/mol. The molecule has 0 bridgehead atoms. The molecule has 0 aromatic heterocycles. The summed E-state index contributed by atoms with van der Waals surface area (Å²) in [5.41, 5.74) is -0.0937. The van der Waals surface area contributed by atoms with E-state index >= 15 is 0 Å². The van der Waals surface area contributed by atoms with Crippen molar-refractivity contribution in [2.75, 3.05) is 6.54 Å². The molecule has 0 aliphatic carbocycles. The third kappa shape index (κ3) is 4.63. The van der Waals surface area contributed by atoms with Gasteiger partial charge in [-0.1, -0.05) is 29.3 Å². The largest absolute Gasteiger partial charge is 0.481 e. The second-order valence-electron chi connectivity index (χ2n) is 4.16. The van der Waals surface area contributed by atoms with Crippen LogP contribution < -0.4 is 5.32 Å². The van der Waals surface area contributed by atoms with Gasteiger partial charge in [-0.3, -0.25) is 9.59 Å². The third-order valence-electron chi connectivity index (χ3n) is 2.67. The Balaban J connectivity index is 2.66. The van der Waals surface area contributed by atoms with Gasteiger partial charge in [0, 0.05) is 11.0 Å². The van der Waals surface area contributed by atoms with Gasteiger partial charge in [0.1, 0.15) is 5.82 Å². The number of amides is 1. The van der Waals surface area contributed by atoms with Gasteiger partial charge >= 0.3 is 5.97 Å². The molecule has 104 valence electrons. The summed E-state index contributed by atoms with van der Waals surface area (Å²) in [5, 5.41) is 11.4. The first-order valence-electron chi connectivity index (χ1n) is 5.91. The summed E-state index contributed by atoms with van der Waals surface area (Å²) in [4.78, 5) is 22.7. The van der Waals surface area contributed by atoms with Gasteiger partial charge in [-0.15, -0.1) is 0 Å². The van der Waals surface area contributed by atoms with Crippen LogP contribution in [0, 0.1) is 11.7 Å². The Bertz CT molecular complexity index is 479. The van der Waals surface area contributed by atoms with Crippen molar-refractivity contribution in [2.45, 2.75) is 19.8 Å². The zero-order valence-electron chi connectivity index (χ0n) is 10.5. The molecule has 4 nitrogen and oxygen atoms in total. The number of carbonyl (C=O) groups excluding carboxylic acids is 1. The Kier molecular flexibility index (Phi) is 5.95. The molecule has 0 saturated carbocycles. The minimum absolute atomic E-state index is 0.00247. The lowest BCUT2D eigenvalue weighted by atomic mass is 10.0. The second kappa shape index (κ2) is 7.23. The summed E-state index contributed by atoms with van der Waals surface area (Å²) < 4.78 is 14.1. The Morgan fingerprint density at radius 3 is 2.68 bits per heavy atom. The van der Waals surface area contributed by atoms with Crippen molar-refractivity contribution in [2.24, 2.45) is 5.92 Å². The molecule has 1 rings (SSSR count). The smallest absolute Gasteiger partial charge is 0.308 e. The highest BCUT2D eigenvalue weighted by atomic mass is 79.9. The molecule has 2 N–H and O–H groups in total. The Morgan fingerprint density at radius 1 is 1.47 bits per heavy atom. The van der Waals surface area contributed by atoms with Crippen LogP contribution in [-0.2, 0) is 4.79 Å². The fourth-order valence-electron chi connectivity index (χ4n) is 1.65. The first kappa shape index (κ1) is 15.6. The van der Waals surface area contributed by atoms with E-state index in [2.05, 4.69) is 21.2 Å². The van der Waals surface area contributed by atoms with Gasteiger partial charge < -0.3 is 10.4 Å². The van der Waals surface area contributed by atoms with E-state index in [1.54, 1.807) is 6.07 Å². The van der Waals surface area contributed by atoms with E-state index in [9.17, 15) is 14.0 Å². The summed E-state index contributed by atoms with van der Waals surface area (Å²) in [6.45, 7) is 1.86. The van der Waals surface area contributed by atoms with E-state index in [-0.39, 0.29) is 12.1 Å². The van der Waals surface area contributed by atoms with Crippen molar-refractivity contribution in [3.8, 4) is 0 Å². The fraction of sp³-hybridized carbons (Fsp3) is 0.385. The number of hydrogen-bond acceptors (Lipinski definition) is 2. The lowest BCUT2D eigenvalue weighted by Gasteiger charge is -2.12. The number of benzene rings is 1. The maximum atomic E-state index is 13.5. The van der Waals surface area contributed by atoms with Crippen LogP contribution in [0.2, 0.25) is 0 Å². The van der Waals surface area contributed by atoms with E-state index in [0.717, 1.165) is 0 Å². The minimum Gasteiger partial charge on any atom is -0.481 e. The summed E-state index contributed by atoms with van der Waals surface area (Å²) in [6.07, 6.45) is 1.18. The highest BCUT2D eigenvalue weighted by Gasteiger charge is 2.19. The zero-order valence-corrected chi connectivity index (χ0v) is 12.0. The molecule has 0 fully saturated rings. The molecule has 6 heteroatoms. The Morgan fingerprint density at radius 2 is 2.16 bits per heavy atom. The van der Waals surface area contributed by atoms with Crippen LogP contribution in [0.4, 0.5) is 4.39 Å². The quantitative estimate of drug-likeness (QED) is 0.842. The van der Waals surface area contributed by atoms with Crippen LogP contribution in [0.1, 0.15) is 30.1 Å². The topological polar surface area (TPSA) is 66.4 Å². The average molecular weight is 332 g/mol. The molecule has 1 atom stereocenters.